The van der Waals surface area contributed by atoms with Gasteiger partial charge in [0.05, 0.1) is 5.92 Å². The third kappa shape index (κ3) is 5.46. The average molecular weight is 281 g/mol. The normalized spacial score (nSPS) is 19.9. The van der Waals surface area contributed by atoms with E-state index in [2.05, 4.69) is 10.6 Å². The zero-order valence-corrected chi connectivity index (χ0v) is 10.7. The summed E-state index contributed by atoms with van der Waals surface area (Å²) in [5.41, 5.74) is 0. The second kappa shape index (κ2) is 6.74. The topological polar surface area (TPSA) is 61.4 Å². The summed E-state index contributed by atoms with van der Waals surface area (Å²) in [4.78, 5) is 23.7. The number of hydrogen-bond acceptors (Lipinski definition) is 3. The Bertz CT molecular complexity index is 334. The molecule has 0 aromatic carbocycles. The number of rotatable bonds is 6. The van der Waals surface area contributed by atoms with E-state index in [1.807, 2.05) is 6.92 Å². The molecule has 1 unspecified atom stereocenters. The Labute approximate surface area is 109 Å². The molecule has 0 radical (unpaired) electrons. The molecule has 2 amide bonds. The van der Waals surface area contributed by atoms with Crippen LogP contribution < -0.4 is 10.6 Å². The molecule has 1 aliphatic heterocycles. The van der Waals surface area contributed by atoms with Crippen molar-refractivity contribution in [3.05, 3.63) is 0 Å². The van der Waals surface area contributed by atoms with E-state index >= 15 is 0 Å². The smallest absolute Gasteiger partial charge is 0.355 e. The molecule has 19 heavy (non-hydrogen) atoms. The highest BCUT2D eigenvalue weighted by molar-refractivity contribution is 5.89. The molecular weight excluding hydrogens is 263 g/mol. The highest BCUT2D eigenvalue weighted by Gasteiger charge is 2.40. The lowest BCUT2D eigenvalue weighted by molar-refractivity contribution is -0.157. The van der Waals surface area contributed by atoms with E-state index in [1.165, 1.54) is 0 Å². The first-order chi connectivity index (χ1) is 8.83. The fraction of sp³-hybridized carbons (Fsp3) is 0.818. The number of hydrogen-bond donors (Lipinski definition) is 2. The Hall–Kier alpha value is -1.31. The first-order valence-electron chi connectivity index (χ1n) is 6.16. The van der Waals surface area contributed by atoms with Gasteiger partial charge >= 0.3 is 6.18 Å². The van der Waals surface area contributed by atoms with E-state index in [1.54, 1.807) is 0 Å². The molecule has 1 aliphatic rings. The van der Waals surface area contributed by atoms with Crippen molar-refractivity contribution in [3.63, 3.8) is 0 Å². The lowest BCUT2D eigenvalue weighted by atomic mass is 10.1. The molecule has 0 aromatic heterocycles. The van der Waals surface area contributed by atoms with Crippen LogP contribution in [0.4, 0.5) is 13.2 Å². The monoisotopic (exact) mass is 281 g/mol. The lowest BCUT2D eigenvalue weighted by Crippen LogP contribution is -2.38. The summed E-state index contributed by atoms with van der Waals surface area (Å²) in [5, 5.41) is 5.60. The Kier molecular flexibility index (Phi) is 5.59. The quantitative estimate of drug-likeness (QED) is 0.680. The molecule has 0 bridgehead atoms. The Morgan fingerprint density at radius 2 is 2.11 bits per heavy atom. The number of alkyl halides is 3. The molecule has 0 aromatic rings. The maximum atomic E-state index is 12.2. The molecule has 1 heterocycles. The van der Waals surface area contributed by atoms with Crippen LogP contribution in [0.15, 0.2) is 0 Å². The SMILES string of the molecule is CCNCCNC(=O)C1CC(=O)N(CC(F)(F)F)C1. The molecule has 110 valence electrons. The number of likely N-dealkylation sites (N-methyl/N-ethyl adjacent to an activating group) is 1. The van der Waals surface area contributed by atoms with Gasteiger partial charge < -0.3 is 15.5 Å². The number of carbonyl (C=O) groups is 2. The van der Waals surface area contributed by atoms with Gasteiger partial charge in [-0.05, 0) is 6.54 Å². The van der Waals surface area contributed by atoms with Crippen molar-refractivity contribution in [3.8, 4) is 0 Å². The first-order valence-corrected chi connectivity index (χ1v) is 6.16. The van der Waals surface area contributed by atoms with Gasteiger partial charge in [-0.15, -0.1) is 0 Å². The van der Waals surface area contributed by atoms with Crippen LogP contribution in [-0.2, 0) is 9.59 Å². The van der Waals surface area contributed by atoms with Crippen molar-refractivity contribution in [2.24, 2.45) is 5.92 Å². The van der Waals surface area contributed by atoms with Crippen LogP contribution in [0.5, 0.6) is 0 Å². The molecule has 0 saturated carbocycles. The van der Waals surface area contributed by atoms with Gasteiger partial charge in [0.25, 0.3) is 0 Å². The fourth-order valence-corrected chi connectivity index (χ4v) is 1.91. The minimum Gasteiger partial charge on any atom is -0.355 e. The minimum absolute atomic E-state index is 0.150. The molecule has 0 aliphatic carbocycles. The van der Waals surface area contributed by atoms with Crippen LogP contribution in [0, 0.1) is 5.92 Å². The van der Waals surface area contributed by atoms with Crippen molar-refractivity contribution in [1.82, 2.24) is 15.5 Å². The summed E-state index contributed by atoms with van der Waals surface area (Å²) >= 11 is 0. The van der Waals surface area contributed by atoms with Crippen LogP contribution in [0.1, 0.15) is 13.3 Å². The molecule has 1 rings (SSSR count). The highest BCUT2D eigenvalue weighted by Crippen LogP contribution is 2.23. The van der Waals surface area contributed by atoms with Gasteiger partial charge in [-0.25, -0.2) is 0 Å². The van der Waals surface area contributed by atoms with Gasteiger partial charge in [-0.3, -0.25) is 9.59 Å². The van der Waals surface area contributed by atoms with Crippen molar-refractivity contribution < 1.29 is 22.8 Å². The number of amides is 2. The zero-order chi connectivity index (χ0) is 14.5. The summed E-state index contributed by atoms with van der Waals surface area (Å²) in [5.74, 6) is -1.67. The Morgan fingerprint density at radius 1 is 1.42 bits per heavy atom. The Balaban J connectivity index is 2.37. The van der Waals surface area contributed by atoms with E-state index in [4.69, 9.17) is 0 Å². The van der Waals surface area contributed by atoms with Gasteiger partial charge in [0.1, 0.15) is 6.54 Å². The summed E-state index contributed by atoms with van der Waals surface area (Å²) in [6.07, 6.45) is -4.57. The summed E-state index contributed by atoms with van der Waals surface area (Å²) < 4.78 is 36.6. The number of halogens is 3. The van der Waals surface area contributed by atoms with Crippen molar-refractivity contribution >= 4 is 11.8 Å². The zero-order valence-electron chi connectivity index (χ0n) is 10.7. The van der Waals surface area contributed by atoms with Crippen molar-refractivity contribution in [2.75, 3.05) is 32.7 Å². The van der Waals surface area contributed by atoms with Crippen LogP contribution in [0.25, 0.3) is 0 Å². The lowest BCUT2D eigenvalue weighted by Gasteiger charge is -2.18. The van der Waals surface area contributed by atoms with Gasteiger partial charge in [0.2, 0.25) is 11.8 Å². The molecule has 1 saturated heterocycles. The van der Waals surface area contributed by atoms with E-state index in [9.17, 15) is 22.8 Å². The van der Waals surface area contributed by atoms with Crippen LogP contribution in [0.2, 0.25) is 0 Å². The minimum atomic E-state index is -4.42. The third-order valence-corrected chi connectivity index (χ3v) is 2.81. The fourth-order valence-electron chi connectivity index (χ4n) is 1.91. The Morgan fingerprint density at radius 3 is 2.68 bits per heavy atom. The maximum absolute atomic E-state index is 12.2. The van der Waals surface area contributed by atoms with Crippen LogP contribution in [0.3, 0.4) is 0 Å². The van der Waals surface area contributed by atoms with E-state index in [0.717, 1.165) is 6.54 Å². The molecule has 2 N–H and O–H groups in total. The highest BCUT2D eigenvalue weighted by atomic mass is 19.4. The van der Waals surface area contributed by atoms with E-state index in [-0.39, 0.29) is 18.9 Å². The van der Waals surface area contributed by atoms with Crippen LogP contribution >= 0.6 is 0 Å². The number of carbonyl (C=O) groups excluding carboxylic acids is 2. The average Bonchev–Trinajstić information content (AvgIpc) is 2.64. The third-order valence-electron chi connectivity index (χ3n) is 2.81. The van der Waals surface area contributed by atoms with E-state index < -0.39 is 24.5 Å². The first kappa shape index (κ1) is 15.7. The second-order valence-electron chi connectivity index (χ2n) is 4.44. The number of nitrogens with zero attached hydrogens (tertiary/aromatic N) is 1. The van der Waals surface area contributed by atoms with Gasteiger partial charge in [0.15, 0.2) is 0 Å². The molecular formula is C11H18F3N3O2. The predicted octanol–water partition coefficient (Wildman–Crippen LogP) is 0.123. The summed E-state index contributed by atoms with van der Waals surface area (Å²) in [6.45, 7) is 2.24. The molecule has 5 nitrogen and oxygen atoms in total. The van der Waals surface area contributed by atoms with Gasteiger partial charge in [-0.1, -0.05) is 6.92 Å². The molecule has 8 heteroatoms. The van der Waals surface area contributed by atoms with Crippen LogP contribution in [-0.4, -0.2) is 55.6 Å². The largest absolute Gasteiger partial charge is 0.406 e. The summed E-state index contributed by atoms with van der Waals surface area (Å²) in [7, 11) is 0. The van der Waals surface area contributed by atoms with E-state index in [0.29, 0.717) is 18.0 Å². The van der Waals surface area contributed by atoms with Gasteiger partial charge in [0, 0.05) is 26.1 Å². The number of nitrogens with one attached hydrogen (secondary N) is 2. The number of likely N-dealkylation sites (tertiary alicyclic amines) is 1. The van der Waals surface area contributed by atoms with Crippen molar-refractivity contribution in [1.29, 1.82) is 0 Å². The summed E-state index contributed by atoms with van der Waals surface area (Å²) in [6, 6.07) is 0. The van der Waals surface area contributed by atoms with Crippen molar-refractivity contribution in [2.45, 2.75) is 19.5 Å². The maximum Gasteiger partial charge on any atom is 0.406 e. The molecule has 1 atom stereocenters. The standard InChI is InChI=1S/C11H18F3N3O2/c1-2-15-3-4-16-10(19)8-5-9(18)17(6-8)7-11(12,13)14/h8,15H,2-7H2,1H3,(H,16,19). The molecule has 0 spiro atoms. The van der Waals surface area contributed by atoms with Gasteiger partial charge in [-0.2, -0.15) is 13.2 Å². The predicted molar refractivity (Wildman–Crippen MR) is 62.3 cm³/mol. The second-order valence-corrected chi connectivity index (χ2v) is 4.44. The molecule has 1 fully saturated rings.